The van der Waals surface area contributed by atoms with E-state index in [2.05, 4.69) is 29.1 Å². The fourth-order valence-corrected chi connectivity index (χ4v) is 3.34. The molecule has 1 fully saturated rings. The third-order valence-electron chi connectivity index (χ3n) is 3.76. The van der Waals surface area contributed by atoms with Gasteiger partial charge in [-0.15, -0.1) is 0 Å². The Hall–Kier alpha value is -0.340. The summed E-state index contributed by atoms with van der Waals surface area (Å²) in [5, 5.41) is 8.19. The van der Waals surface area contributed by atoms with E-state index in [1.54, 1.807) is 11.3 Å². The molecule has 2 atom stereocenters. The predicted molar refractivity (Wildman–Crippen MR) is 72.1 cm³/mol. The molecule has 1 aliphatic rings. The molecule has 1 saturated carbocycles. The zero-order valence-corrected chi connectivity index (χ0v) is 11.1. The molecule has 16 heavy (non-hydrogen) atoms. The van der Waals surface area contributed by atoms with Gasteiger partial charge in [0.2, 0.25) is 0 Å². The Labute approximate surface area is 103 Å². The molecule has 0 spiro atoms. The maximum Gasteiger partial charge on any atom is 0.00928 e. The fourth-order valence-electron chi connectivity index (χ4n) is 2.63. The summed E-state index contributed by atoms with van der Waals surface area (Å²) in [5.74, 6) is 0.866. The van der Waals surface area contributed by atoms with Crippen LogP contribution in [0.3, 0.4) is 0 Å². The normalized spacial score (nSPS) is 26.6. The molecule has 90 valence electrons. The average molecular weight is 237 g/mol. The van der Waals surface area contributed by atoms with Gasteiger partial charge in [-0.1, -0.05) is 26.2 Å². The highest BCUT2D eigenvalue weighted by molar-refractivity contribution is 7.07. The molecule has 1 aliphatic carbocycles. The van der Waals surface area contributed by atoms with Gasteiger partial charge in [0.25, 0.3) is 0 Å². The second kappa shape index (κ2) is 6.41. The first kappa shape index (κ1) is 12.1. The smallest absolute Gasteiger partial charge is 0.00928 e. The number of hydrogen-bond donors (Lipinski definition) is 1. The van der Waals surface area contributed by atoms with Gasteiger partial charge in [0.15, 0.2) is 0 Å². The van der Waals surface area contributed by atoms with E-state index in [4.69, 9.17) is 0 Å². The van der Waals surface area contributed by atoms with Crippen molar-refractivity contribution in [2.75, 3.05) is 6.54 Å². The van der Waals surface area contributed by atoms with E-state index >= 15 is 0 Å². The van der Waals surface area contributed by atoms with Gasteiger partial charge in [-0.25, -0.2) is 0 Å². The quantitative estimate of drug-likeness (QED) is 0.784. The van der Waals surface area contributed by atoms with E-state index in [0.29, 0.717) is 0 Å². The van der Waals surface area contributed by atoms with Crippen molar-refractivity contribution in [2.24, 2.45) is 5.92 Å². The van der Waals surface area contributed by atoms with E-state index in [1.165, 1.54) is 44.1 Å². The standard InChI is InChI=1S/C14H23NS/c1-12-5-3-2-4-6-14(12)15-9-7-13-8-10-16-11-13/h8,10-12,14-15H,2-7,9H2,1H3. The van der Waals surface area contributed by atoms with Crippen molar-refractivity contribution in [3.63, 3.8) is 0 Å². The molecule has 1 aromatic rings. The van der Waals surface area contributed by atoms with Crippen molar-refractivity contribution in [1.82, 2.24) is 5.32 Å². The SMILES string of the molecule is CC1CCCCCC1NCCc1ccsc1. The number of thiophene rings is 1. The summed E-state index contributed by atoms with van der Waals surface area (Å²) in [6, 6.07) is 3.00. The van der Waals surface area contributed by atoms with Crippen LogP contribution in [-0.4, -0.2) is 12.6 Å². The molecule has 0 bridgehead atoms. The van der Waals surface area contributed by atoms with E-state index in [1.807, 2.05) is 0 Å². The Morgan fingerprint density at radius 2 is 2.19 bits per heavy atom. The molecular formula is C14H23NS. The van der Waals surface area contributed by atoms with Gasteiger partial charge in [-0.05, 0) is 54.1 Å². The third kappa shape index (κ3) is 3.60. The zero-order valence-electron chi connectivity index (χ0n) is 10.2. The van der Waals surface area contributed by atoms with Crippen LogP contribution in [0.2, 0.25) is 0 Å². The van der Waals surface area contributed by atoms with Gasteiger partial charge in [0.1, 0.15) is 0 Å². The summed E-state index contributed by atoms with van der Waals surface area (Å²) >= 11 is 1.80. The van der Waals surface area contributed by atoms with Crippen molar-refractivity contribution in [3.8, 4) is 0 Å². The van der Waals surface area contributed by atoms with Crippen molar-refractivity contribution in [3.05, 3.63) is 22.4 Å². The Bertz CT molecular complexity index is 281. The fraction of sp³-hybridized carbons (Fsp3) is 0.714. The summed E-state index contributed by atoms with van der Waals surface area (Å²) in [6.07, 6.45) is 8.27. The molecule has 2 rings (SSSR count). The molecule has 1 heterocycles. The number of rotatable bonds is 4. The predicted octanol–water partition coefficient (Wildman–Crippen LogP) is 3.85. The molecular weight excluding hydrogens is 214 g/mol. The van der Waals surface area contributed by atoms with Gasteiger partial charge >= 0.3 is 0 Å². The van der Waals surface area contributed by atoms with Gasteiger partial charge in [0.05, 0.1) is 0 Å². The van der Waals surface area contributed by atoms with Crippen molar-refractivity contribution in [1.29, 1.82) is 0 Å². The topological polar surface area (TPSA) is 12.0 Å². The van der Waals surface area contributed by atoms with Crippen molar-refractivity contribution >= 4 is 11.3 Å². The number of hydrogen-bond acceptors (Lipinski definition) is 2. The summed E-state index contributed by atoms with van der Waals surface area (Å²) in [5.41, 5.74) is 1.48. The second-order valence-electron chi connectivity index (χ2n) is 5.06. The second-order valence-corrected chi connectivity index (χ2v) is 5.84. The first-order valence-corrected chi connectivity index (χ1v) is 7.55. The molecule has 1 aromatic heterocycles. The van der Waals surface area contributed by atoms with E-state index in [9.17, 15) is 0 Å². The van der Waals surface area contributed by atoms with Crippen LogP contribution in [0.1, 0.15) is 44.6 Å². The van der Waals surface area contributed by atoms with Crippen molar-refractivity contribution in [2.45, 2.75) is 51.5 Å². The summed E-state index contributed by atoms with van der Waals surface area (Å²) in [7, 11) is 0. The van der Waals surface area contributed by atoms with Crippen LogP contribution in [0.25, 0.3) is 0 Å². The largest absolute Gasteiger partial charge is 0.313 e. The lowest BCUT2D eigenvalue weighted by atomic mass is 9.97. The Morgan fingerprint density at radius 3 is 3.00 bits per heavy atom. The molecule has 2 heteroatoms. The lowest BCUT2D eigenvalue weighted by Crippen LogP contribution is -2.35. The Morgan fingerprint density at radius 1 is 1.31 bits per heavy atom. The molecule has 0 aliphatic heterocycles. The highest BCUT2D eigenvalue weighted by Crippen LogP contribution is 2.22. The molecule has 2 unspecified atom stereocenters. The van der Waals surface area contributed by atoms with Gasteiger partial charge in [-0.3, -0.25) is 0 Å². The first-order valence-electron chi connectivity index (χ1n) is 6.61. The van der Waals surface area contributed by atoms with Gasteiger partial charge < -0.3 is 5.32 Å². The van der Waals surface area contributed by atoms with Gasteiger partial charge in [0, 0.05) is 6.04 Å². The monoisotopic (exact) mass is 237 g/mol. The van der Waals surface area contributed by atoms with E-state index in [-0.39, 0.29) is 0 Å². The minimum absolute atomic E-state index is 0.765. The zero-order chi connectivity index (χ0) is 11.2. The molecule has 0 saturated heterocycles. The highest BCUT2D eigenvalue weighted by atomic mass is 32.1. The summed E-state index contributed by atoms with van der Waals surface area (Å²) in [4.78, 5) is 0. The molecule has 1 nitrogen and oxygen atoms in total. The molecule has 0 radical (unpaired) electrons. The minimum Gasteiger partial charge on any atom is -0.313 e. The maximum absolute atomic E-state index is 3.75. The molecule has 0 aromatic carbocycles. The van der Waals surface area contributed by atoms with E-state index < -0.39 is 0 Å². The third-order valence-corrected chi connectivity index (χ3v) is 4.49. The minimum atomic E-state index is 0.765. The summed E-state index contributed by atoms with van der Waals surface area (Å²) in [6.45, 7) is 3.55. The summed E-state index contributed by atoms with van der Waals surface area (Å²) < 4.78 is 0. The van der Waals surface area contributed by atoms with E-state index in [0.717, 1.165) is 18.5 Å². The van der Waals surface area contributed by atoms with Crippen LogP contribution in [0, 0.1) is 5.92 Å². The van der Waals surface area contributed by atoms with Crippen LogP contribution < -0.4 is 5.32 Å². The van der Waals surface area contributed by atoms with Crippen LogP contribution in [0.4, 0.5) is 0 Å². The van der Waals surface area contributed by atoms with Crippen LogP contribution >= 0.6 is 11.3 Å². The highest BCUT2D eigenvalue weighted by Gasteiger charge is 2.18. The number of nitrogens with one attached hydrogen (secondary N) is 1. The molecule has 1 N–H and O–H groups in total. The van der Waals surface area contributed by atoms with Crippen LogP contribution in [-0.2, 0) is 6.42 Å². The Balaban J connectivity index is 1.71. The lowest BCUT2D eigenvalue weighted by molar-refractivity contribution is 0.359. The first-order chi connectivity index (χ1) is 7.86. The van der Waals surface area contributed by atoms with Crippen LogP contribution in [0.15, 0.2) is 16.8 Å². The Kier molecular flexibility index (Phi) is 4.86. The van der Waals surface area contributed by atoms with Crippen LogP contribution in [0.5, 0.6) is 0 Å². The maximum atomic E-state index is 3.75. The van der Waals surface area contributed by atoms with Gasteiger partial charge in [-0.2, -0.15) is 11.3 Å². The molecule has 0 amide bonds. The lowest BCUT2D eigenvalue weighted by Gasteiger charge is -2.22. The van der Waals surface area contributed by atoms with Crippen molar-refractivity contribution < 1.29 is 0 Å². The average Bonchev–Trinajstić information content (AvgIpc) is 2.71.